The molecule has 0 atom stereocenters. The van der Waals surface area contributed by atoms with Gasteiger partial charge in [0.1, 0.15) is 5.02 Å². The molecule has 0 amide bonds. The van der Waals surface area contributed by atoms with Gasteiger partial charge in [0.05, 0.1) is 5.56 Å². The summed E-state index contributed by atoms with van der Waals surface area (Å²) in [6, 6.07) is 0. The number of pyridine rings is 1. The van der Waals surface area contributed by atoms with Crippen molar-refractivity contribution >= 4 is 23.8 Å². The molecule has 2 rings (SSSR count). The highest BCUT2D eigenvalue weighted by Gasteiger charge is 2.12. The predicted molar refractivity (Wildman–Crippen MR) is 64.2 cm³/mol. The third kappa shape index (κ3) is 1.70. The Balaban J connectivity index is 2.73. The highest BCUT2D eigenvalue weighted by atomic mass is 35.5. The number of hydrogen-bond donors (Lipinski definition) is 2. The number of H-pyrrole nitrogens is 2. The molecule has 2 aromatic rings. The third-order valence-corrected chi connectivity index (χ3v) is 2.81. The van der Waals surface area contributed by atoms with Crippen LogP contribution in [-0.2, 0) is 6.54 Å². The first-order valence-corrected chi connectivity index (χ1v) is 5.46. The third-order valence-electron chi connectivity index (χ3n) is 2.21. The lowest BCUT2D eigenvalue weighted by molar-refractivity contribution is 0.755. The quantitative estimate of drug-likeness (QED) is 0.808. The number of aromatic amines is 2. The van der Waals surface area contributed by atoms with Gasteiger partial charge in [-0.15, -0.1) is 0 Å². The molecule has 0 spiro atoms. The molecule has 0 fully saturated rings. The molecule has 0 aliphatic rings. The molecule has 0 aliphatic carbocycles. The summed E-state index contributed by atoms with van der Waals surface area (Å²) in [6.45, 7) is 2.56. The molecule has 0 radical (unpaired) electrons. The Labute approximate surface area is 101 Å². The molecule has 0 bridgehead atoms. The average molecular weight is 257 g/mol. The zero-order chi connectivity index (χ0) is 11.7. The Kier molecular flexibility index (Phi) is 2.93. The van der Waals surface area contributed by atoms with E-state index in [1.165, 1.54) is 6.20 Å². The summed E-state index contributed by atoms with van der Waals surface area (Å²) in [4.78, 5) is 14.6. The van der Waals surface area contributed by atoms with Gasteiger partial charge in [-0.1, -0.05) is 11.6 Å². The minimum atomic E-state index is -0.260. The summed E-state index contributed by atoms with van der Waals surface area (Å²) in [5.41, 5.74) is 0.144. The minimum Gasteiger partial charge on any atom is -0.365 e. The molecule has 0 aliphatic heterocycles. The molecule has 2 heterocycles. The van der Waals surface area contributed by atoms with Crippen LogP contribution in [0.3, 0.4) is 0 Å². The van der Waals surface area contributed by atoms with Gasteiger partial charge in [0, 0.05) is 18.9 Å². The van der Waals surface area contributed by atoms with Crippen LogP contribution < -0.4 is 5.43 Å². The smallest absolute Gasteiger partial charge is 0.211 e. The average Bonchev–Trinajstić information content (AvgIpc) is 2.63. The van der Waals surface area contributed by atoms with Gasteiger partial charge < -0.3 is 9.55 Å². The summed E-state index contributed by atoms with van der Waals surface area (Å²) < 4.78 is 2.22. The summed E-state index contributed by atoms with van der Waals surface area (Å²) >= 11 is 10.8. The van der Waals surface area contributed by atoms with E-state index in [4.69, 9.17) is 23.8 Å². The zero-order valence-electron chi connectivity index (χ0n) is 8.45. The lowest BCUT2D eigenvalue weighted by atomic mass is 10.2. The Hall–Kier alpha value is -1.40. The van der Waals surface area contributed by atoms with Crippen LogP contribution in [0.15, 0.2) is 17.2 Å². The van der Waals surface area contributed by atoms with Crippen LogP contribution in [-0.4, -0.2) is 19.7 Å². The number of halogens is 1. The second-order valence-corrected chi connectivity index (χ2v) is 3.94. The van der Waals surface area contributed by atoms with Crippen molar-refractivity contribution in [3.05, 3.63) is 32.4 Å². The van der Waals surface area contributed by atoms with Gasteiger partial charge in [-0.3, -0.25) is 9.89 Å². The molecule has 0 aromatic carbocycles. The van der Waals surface area contributed by atoms with E-state index >= 15 is 0 Å². The van der Waals surface area contributed by atoms with Crippen molar-refractivity contribution < 1.29 is 0 Å². The van der Waals surface area contributed by atoms with Crippen molar-refractivity contribution in [3.8, 4) is 11.4 Å². The van der Waals surface area contributed by atoms with Crippen molar-refractivity contribution in [2.45, 2.75) is 13.5 Å². The van der Waals surface area contributed by atoms with E-state index in [2.05, 4.69) is 15.2 Å². The molecule has 2 aromatic heterocycles. The van der Waals surface area contributed by atoms with E-state index in [1.807, 2.05) is 6.92 Å². The van der Waals surface area contributed by atoms with Gasteiger partial charge in [0.25, 0.3) is 0 Å². The Morgan fingerprint density at radius 3 is 3.00 bits per heavy atom. The maximum absolute atomic E-state index is 11.8. The van der Waals surface area contributed by atoms with Gasteiger partial charge in [-0.2, -0.15) is 5.10 Å². The molecular formula is C9H9ClN4OS. The number of nitrogens with one attached hydrogen (secondary N) is 2. The number of rotatable bonds is 2. The highest BCUT2D eigenvalue weighted by molar-refractivity contribution is 7.71. The second kappa shape index (κ2) is 4.23. The zero-order valence-corrected chi connectivity index (χ0v) is 10.0. The van der Waals surface area contributed by atoms with Crippen LogP contribution in [0.25, 0.3) is 11.4 Å². The molecular weight excluding hydrogens is 248 g/mol. The standard InChI is InChI=1S/C9H9ClN4OS/c1-2-14-8(12-13-9(14)16)5-3-11-4-6(10)7(5)15/h3-4H,2H2,1H3,(H,11,15)(H,13,16). The Morgan fingerprint density at radius 1 is 1.56 bits per heavy atom. The first kappa shape index (κ1) is 11.1. The minimum absolute atomic E-state index is 0.133. The van der Waals surface area contributed by atoms with Crippen molar-refractivity contribution in [1.82, 2.24) is 19.7 Å². The highest BCUT2D eigenvalue weighted by Crippen LogP contribution is 2.13. The van der Waals surface area contributed by atoms with Gasteiger partial charge >= 0.3 is 0 Å². The first-order valence-electron chi connectivity index (χ1n) is 4.67. The van der Waals surface area contributed by atoms with E-state index in [9.17, 15) is 4.79 Å². The van der Waals surface area contributed by atoms with Crippen LogP contribution in [0, 0.1) is 4.77 Å². The first-order chi connectivity index (χ1) is 7.65. The van der Waals surface area contributed by atoms with Gasteiger partial charge in [0.2, 0.25) is 5.43 Å². The number of hydrogen-bond acceptors (Lipinski definition) is 3. The fourth-order valence-corrected chi connectivity index (χ4v) is 1.87. The van der Waals surface area contributed by atoms with Crippen LogP contribution >= 0.6 is 23.8 Å². The van der Waals surface area contributed by atoms with E-state index in [0.29, 0.717) is 22.7 Å². The van der Waals surface area contributed by atoms with Gasteiger partial charge in [-0.05, 0) is 19.1 Å². The van der Waals surface area contributed by atoms with Crippen LogP contribution in [0.4, 0.5) is 0 Å². The van der Waals surface area contributed by atoms with Crippen molar-refractivity contribution in [2.75, 3.05) is 0 Å². The van der Waals surface area contributed by atoms with Crippen molar-refractivity contribution in [1.29, 1.82) is 0 Å². The number of aromatic nitrogens is 4. The van der Waals surface area contributed by atoms with Crippen LogP contribution in [0.2, 0.25) is 5.02 Å². The summed E-state index contributed by atoms with van der Waals surface area (Å²) in [5.74, 6) is 0.497. The lowest BCUT2D eigenvalue weighted by Gasteiger charge is -2.02. The normalized spacial score (nSPS) is 10.6. The van der Waals surface area contributed by atoms with Crippen LogP contribution in [0.5, 0.6) is 0 Å². The van der Waals surface area contributed by atoms with E-state index < -0.39 is 0 Å². The molecule has 0 unspecified atom stereocenters. The summed E-state index contributed by atoms with van der Waals surface area (Å²) in [6.07, 6.45) is 3.00. The topological polar surface area (TPSA) is 66.5 Å². The molecule has 84 valence electrons. The van der Waals surface area contributed by atoms with E-state index in [0.717, 1.165) is 0 Å². The molecule has 7 heteroatoms. The van der Waals surface area contributed by atoms with E-state index in [1.54, 1.807) is 10.8 Å². The maximum Gasteiger partial charge on any atom is 0.211 e. The Morgan fingerprint density at radius 2 is 2.31 bits per heavy atom. The summed E-state index contributed by atoms with van der Waals surface area (Å²) in [5, 5.41) is 6.81. The second-order valence-electron chi connectivity index (χ2n) is 3.14. The van der Waals surface area contributed by atoms with Crippen molar-refractivity contribution in [2.24, 2.45) is 0 Å². The fourth-order valence-electron chi connectivity index (χ4n) is 1.44. The predicted octanol–water partition coefficient (Wildman–Crippen LogP) is 1.97. The van der Waals surface area contributed by atoms with Gasteiger partial charge in [0.15, 0.2) is 10.6 Å². The largest absolute Gasteiger partial charge is 0.365 e. The van der Waals surface area contributed by atoms with Crippen LogP contribution in [0.1, 0.15) is 6.92 Å². The van der Waals surface area contributed by atoms with Gasteiger partial charge in [-0.25, -0.2) is 0 Å². The lowest BCUT2D eigenvalue weighted by Crippen LogP contribution is -2.09. The fraction of sp³-hybridized carbons (Fsp3) is 0.222. The Bertz CT molecular complexity index is 627. The monoisotopic (exact) mass is 256 g/mol. The molecule has 2 N–H and O–H groups in total. The molecule has 16 heavy (non-hydrogen) atoms. The molecule has 5 nitrogen and oxygen atoms in total. The molecule has 0 saturated heterocycles. The maximum atomic E-state index is 11.8. The van der Waals surface area contributed by atoms with E-state index in [-0.39, 0.29) is 10.5 Å². The van der Waals surface area contributed by atoms with Crippen molar-refractivity contribution in [3.63, 3.8) is 0 Å². The summed E-state index contributed by atoms with van der Waals surface area (Å²) in [7, 11) is 0. The SMILES string of the molecule is CCn1c(-c2c[nH]cc(Cl)c2=O)n[nH]c1=S. The molecule has 0 saturated carbocycles. The number of nitrogens with zero attached hydrogens (tertiary/aromatic N) is 2.